The van der Waals surface area contributed by atoms with E-state index in [1.54, 1.807) is 0 Å². The van der Waals surface area contributed by atoms with Gasteiger partial charge in [-0.3, -0.25) is 9.36 Å². The number of halogens is 5. The zero-order valence-corrected chi connectivity index (χ0v) is 14.9. The Morgan fingerprint density at radius 1 is 1.38 bits per heavy atom. The highest BCUT2D eigenvalue weighted by Crippen LogP contribution is 2.29. The molecule has 0 radical (unpaired) electrons. The number of esters is 1. The smallest absolute Gasteiger partial charge is 0.431 e. The Kier molecular flexibility index (Phi) is 5.57. The average molecular weight is 411 g/mol. The maximum atomic E-state index is 14.3. The van der Waals surface area contributed by atoms with E-state index in [2.05, 4.69) is 0 Å². The summed E-state index contributed by atoms with van der Waals surface area (Å²) in [4.78, 5) is 26.1. The van der Waals surface area contributed by atoms with Gasteiger partial charge < -0.3 is 9.72 Å². The molecule has 0 amide bonds. The van der Waals surface area contributed by atoms with Gasteiger partial charge in [0.1, 0.15) is 11.5 Å². The van der Waals surface area contributed by atoms with E-state index in [4.69, 9.17) is 28.6 Å². The Balaban J connectivity index is 2.80. The van der Waals surface area contributed by atoms with Crippen LogP contribution in [0.15, 0.2) is 16.9 Å². The van der Waals surface area contributed by atoms with Gasteiger partial charge in [-0.05, 0) is 38.2 Å². The zero-order valence-electron chi connectivity index (χ0n) is 13.3. The number of H-pyrrole nitrogens is 1. The molecule has 2 aromatic rings. The molecule has 0 aliphatic carbocycles. The first-order chi connectivity index (χ1) is 12.0. The first kappa shape index (κ1) is 20.1. The number of aromatic amines is 1. The molecule has 2 rings (SSSR count). The maximum Gasteiger partial charge on any atom is 0.431 e. The van der Waals surface area contributed by atoms with Crippen LogP contribution >= 0.6 is 23.8 Å². The molecule has 11 heteroatoms. The van der Waals surface area contributed by atoms with Crippen LogP contribution in [0, 0.1) is 17.5 Å². The van der Waals surface area contributed by atoms with Gasteiger partial charge in [0.25, 0.3) is 5.56 Å². The molecule has 0 spiro atoms. The molecule has 0 unspecified atom stereocenters. The molecule has 0 aliphatic rings. The SMILES string of the molecule is CCOC(=O)c1cc(-n2c(=S)[nH]c(C(F)(F)F)c(C)c2=O)c(F)cc1Cl. The molecule has 0 atom stereocenters. The monoisotopic (exact) mass is 410 g/mol. The number of benzene rings is 1. The third-order valence-corrected chi connectivity index (χ3v) is 3.99. The van der Waals surface area contributed by atoms with Gasteiger partial charge >= 0.3 is 12.1 Å². The number of carbonyl (C=O) groups is 1. The minimum absolute atomic E-state index is 0.0152. The van der Waals surface area contributed by atoms with Crippen molar-refractivity contribution in [1.82, 2.24) is 9.55 Å². The lowest BCUT2D eigenvalue weighted by molar-refractivity contribution is -0.141. The molecular formula is C15H11ClF4N2O3S. The quantitative estimate of drug-likeness (QED) is 0.468. The largest absolute Gasteiger partial charge is 0.462 e. The Labute approximate surface area is 154 Å². The second kappa shape index (κ2) is 7.20. The fraction of sp³-hybridized carbons (Fsp3) is 0.267. The van der Waals surface area contributed by atoms with Crippen LogP contribution in [0.4, 0.5) is 17.6 Å². The Bertz CT molecular complexity index is 998. The standard InChI is InChI=1S/C15H11ClF4N2O3S/c1-3-25-13(24)7-4-10(9(17)5-8(7)16)22-12(23)6(2)11(15(18,19)20)21-14(22)26/h4-5H,3H2,1-2H3,(H,21,26). The number of alkyl halides is 3. The number of ether oxygens (including phenoxy) is 1. The zero-order chi connectivity index (χ0) is 19.8. The molecule has 0 saturated heterocycles. The van der Waals surface area contributed by atoms with Crippen molar-refractivity contribution in [3.05, 3.63) is 54.9 Å². The van der Waals surface area contributed by atoms with Gasteiger partial charge in [-0.1, -0.05) is 11.6 Å². The fourth-order valence-electron chi connectivity index (χ4n) is 2.20. The molecule has 1 heterocycles. The molecule has 5 nitrogen and oxygen atoms in total. The van der Waals surface area contributed by atoms with E-state index < -0.39 is 45.2 Å². The van der Waals surface area contributed by atoms with Crippen LogP contribution in [0.2, 0.25) is 5.02 Å². The summed E-state index contributed by atoms with van der Waals surface area (Å²) in [7, 11) is 0. The lowest BCUT2D eigenvalue weighted by Gasteiger charge is -2.15. The van der Waals surface area contributed by atoms with Crippen molar-refractivity contribution < 1.29 is 27.1 Å². The predicted octanol–water partition coefficient (Wildman–Crippen LogP) is 4.19. The number of nitrogens with zero attached hydrogens (tertiary/aromatic N) is 1. The van der Waals surface area contributed by atoms with Crippen molar-refractivity contribution >= 4 is 29.8 Å². The summed E-state index contributed by atoms with van der Waals surface area (Å²) in [6, 6.07) is 1.64. The summed E-state index contributed by atoms with van der Waals surface area (Å²) in [5.41, 5.74) is -4.01. The Hall–Kier alpha value is -2.20. The lowest BCUT2D eigenvalue weighted by Crippen LogP contribution is -2.28. The molecule has 1 N–H and O–H groups in total. The van der Waals surface area contributed by atoms with Crippen LogP contribution in [0.25, 0.3) is 5.69 Å². The van der Waals surface area contributed by atoms with E-state index >= 15 is 0 Å². The maximum absolute atomic E-state index is 14.3. The number of hydrogen-bond acceptors (Lipinski definition) is 4. The molecular weight excluding hydrogens is 400 g/mol. The number of carbonyl (C=O) groups excluding carboxylic acids is 1. The van der Waals surface area contributed by atoms with Gasteiger partial charge in [0.15, 0.2) is 4.77 Å². The third kappa shape index (κ3) is 3.65. The third-order valence-electron chi connectivity index (χ3n) is 3.39. The Morgan fingerprint density at radius 2 is 2.00 bits per heavy atom. The molecule has 26 heavy (non-hydrogen) atoms. The van der Waals surface area contributed by atoms with E-state index in [1.807, 2.05) is 4.98 Å². The van der Waals surface area contributed by atoms with Crippen LogP contribution in [0.5, 0.6) is 0 Å². The van der Waals surface area contributed by atoms with Crippen molar-refractivity contribution in [2.24, 2.45) is 0 Å². The van der Waals surface area contributed by atoms with Crippen LogP contribution in [-0.4, -0.2) is 22.1 Å². The summed E-state index contributed by atoms with van der Waals surface area (Å²) >= 11 is 10.6. The fourth-order valence-corrected chi connectivity index (χ4v) is 2.71. The average Bonchev–Trinajstić information content (AvgIpc) is 2.52. The molecule has 0 aliphatic heterocycles. The van der Waals surface area contributed by atoms with Crippen molar-refractivity contribution in [2.45, 2.75) is 20.0 Å². The highest BCUT2D eigenvalue weighted by Gasteiger charge is 2.35. The summed E-state index contributed by atoms with van der Waals surface area (Å²) in [6.45, 7) is 2.48. The van der Waals surface area contributed by atoms with E-state index in [0.29, 0.717) is 4.57 Å². The number of hydrogen-bond donors (Lipinski definition) is 1. The van der Waals surface area contributed by atoms with Crippen LogP contribution in [0.3, 0.4) is 0 Å². The summed E-state index contributed by atoms with van der Waals surface area (Å²) in [6.07, 6.45) is -4.84. The summed E-state index contributed by atoms with van der Waals surface area (Å²) in [5, 5.41) is -0.281. The van der Waals surface area contributed by atoms with Gasteiger partial charge in [-0.25, -0.2) is 9.18 Å². The van der Waals surface area contributed by atoms with E-state index in [1.165, 1.54) is 6.92 Å². The first-order valence-corrected chi connectivity index (χ1v) is 7.87. The molecule has 0 saturated carbocycles. The molecule has 1 aromatic heterocycles. The van der Waals surface area contributed by atoms with E-state index in [0.717, 1.165) is 19.1 Å². The highest BCUT2D eigenvalue weighted by atomic mass is 35.5. The normalized spacial score (nSPS) is 11.5. The predicted molar refractivity (Wildman–Crippen MR) is 87.9 cm³/mol. The number of aromatic nitrogens is 2. The second-order valence-electron chi connectivity index (χ2n) is 5.07. The number of rotatable bonds is 3. The first-order valence-electron chi connectivity index (χ1n) is 7.08. The van der Waals surface area contributed by atoms with E-state index in [-0.39, 0.29) is 17.2 Å². The van der Waals surface area contributed by atoms with Gasteiger partial charge in [-0.2, -0.15) is 13.2 Å². The van der Waals surface area contributed by atoms with Crippen LogP contribution in [-0.2, 0) is 10.9 Å². The molecule has 0 fully saturated rings. The minimum atomic E-state index is -4.84. The summed E-state index contributed by atoms with van der Waals surface area (Å²) in [5.74, 6) is -1.94. The van der Waals surface area contributed by atoms with Crippen molar-refractivity contribution in [3.63, 3.8) is 0 Å². The molecule has 140 valence electrons. The minimum Gasteiger partial charge on any atom is -0.462 e. The van der Waals surface area contributed by atoms with E-state index in [9.17, 15) is 27.2 Å². The molecule has 0 bridgehead atoms. The van der Waals surface area contributed by atoms with Crippen molar-refractivity contribution in [1.29, 1.82) is 0 Å². The van der Waals surface area contributed by atoms with Gasteiger partial charge in [0.2, 0.25) is 0 Å². The van der Waals surface area contributed by atoms with Gasteiger partial charge in [0, 0.05) is 5.56 Å². The lowest BCUT2D eigenvalue weighted by atomic mass is 10.1. The van der Waals surface area contributed by atoms with Crippen molar-refractivity contribution in [3.8, 4) is 5.69 Å². The van der Waals surface area contributed by atoms with Crippen molar-refractivity contribution in [2.75, 3.05) is 6.61 Å². The topological polar surface area (TPSA) is 64.1 Å². The van der Waals surface area contributed by atoms with Gasteiger partial charge in [-0.15, -0.1) is 0 Å². The summed E-state index contributed by atoms with van der Waals surface area (Å²) < 4.78 is 57.8. The second-order valence-corrected chi connectivity index (χ2v) is 5.87. The number of nitrogens with one attached hydrogen (secondary N) is 1. The Morgan fingerprint density at radius 3 is 2.54 bits per heavy atom. The van der Waals surface area contributed by atoms with Gasteiger partial charge in [0.05, 0.1) is 22.9 Å². The molecule has 1 aromatic carbocycles. The van der Waals surface area contributed by atoms with Crippen LogP contribution in [0.1, 0.15) is 28.5 Å². The highest BCUT2D eigenvalue weighted by molar-refractivity contribution is 7.71. The van der Waals surface area contributed by atoms with Crippen LogP contribution < -0.4 is 5.56 Å².